The molecular formula is C20H18N+. The lowest BCUT2D eigenvalue weighted by Crippen LogP contribution is -2.36. The van der Waals surface area contributed by atoms with Crippen molar-refractivity contribution in [2.45, 2.75) is 19.9 Å². The molecule has 102 valence electrons. The summed E-state index contributed by atoms with van der Waals surface area (Å²) in [6.07, 6.45) is 2.31. The van der Waals surface area contributed by atoms with Crippen molar-refractivity contribution in [2.75, 3.05) is 0 Å². The summed E-state index contributed by atoms with van der Waals surface area (Å²) in [5.74, 6) is 0. The number of hydrogen-bond acceptors (Lipinski definition) is 0. The highest BCUT2D eigenvalue weighted by atomic mass is 15.0. The maximum absolute atomic E-state index is 2.40. The Labute approximate surface area is 125 Å². The molecule has 0 N–H and O–H groups in total. The minimum absolute atomic E-state index is 0.402. The Bertz CT molecular complexity index is 818. The number of hydrogen-bond donors (Lipinski definition) is 0. The molecule has 0 aliphatic carbocycles. The van der Waals surface area contributed by atoms with Crippen molar-refractivity contribution < 1.29 is 4.57 Å². The van der Waals surface area contributed by atoms with Gasteiger partial charge in [-0.25, -0.2) is 0 Å². The molecule has 0 radical (unpaired) electrons. The lowest BCUT2D eigenvalue weighted by Gasteiger charge is -2.07. The van der Waals surface area contributed by atoms with Gasteiger partial charge in [-0.2, -0.15) is 4.57 Å². The van der Waals surface area contributed by atoms with Gasteiger partial charge >= 0.3 is 0 Å². The van der Waals surface area contributed by atoms with E-state index in [4.69, 9.17) is 0 Å². The number of aromatic nitrogens is 1. The highest BCUT2D eigenvalue weighted by molar-refractivity contribution is 5.71. The zero-order valence-electron chi connectivity index (χ0n) is 12.4. The normalized spacial score (nSPS) is 15.6. The quantitative estimate of drug-likeness (QED) is 0.573. The molecule has 1 heteroatoms. The van der Waals surface area contributed by atoms with Crippen LogP contribution in [0.4, 0.5) is 0 Å². The number of nitrogens with zero attached hydrogens (tertiary/aromatic N) is 1. The maximum atomic E-state index is 2.40. The lowest BCUT2D eigenvalue weighted by molar-refractivity contribution is -0.694. The van der Waals surface area contributed by atoms with Gasteiger partial charge in [0, 0.05) is 24.1 Å². The second kappa shape index (κ2) is 4.56. The van der Waals surface area contributed by atoms with Crippen LogP contribution in [0, 0.1) is 6.92 Å². The van der Waals surface area contributed by atoms with Crippen molar-refractivity contribution >= 4 is 0 Å². The van der Waals surface area contributed by atoms with E-state index in [9.17, 15) is 0 Å². The third-order valence-electron chi connectivity index (χ3n) is 4.51. The van der Waals surface area contributed by atoms with Crippen molar-refractivity contribution in [3.05, 3.63) is 78.0 Å². The zero-order valence-corrected chi connectivity index (χ0v) is 12.4. The number of pyridine rings is 1. The van der Waals surface area contributed by atoms with E-state index in [1.54, 1.807) is 0 Å². The minimum atomic E-state index is 0.402. The molecule has 0 bridgehead atoms. The molecule has 1 nitrogen and oxygen atoms in total. The van der Waals surface area contributed by atoms with E-state index in [1.165, 1.54) is 33.5 Å². The molecule has 1 aliphatic rings. The van der Waals surface area contributed by atoms with Crippen molar-refractivity contribution in [1.82, 2.24) is 0 Å². The Balaban J connectivity index is 1.95. The first-order valence-electron chi connectivity index (χ1n) is 7.46. The molecule has 21 heavy (non-hydrogen) atoms. The maximum Gasteiger partial charge on any atom is 0.213 e. The van der Waals surface area contributed by atoms with Gasteiger partial charge < -0.3 is 0 Å². The van der Waals surface area contributed by atoms with Gasteiger partial charge in [-0.15, -0.1) is 0 Å². The van der Waals surface area contributed by atoms with Gasteiger partial charge in [-0.1, -0.05) is 48.5 Å². The molecule has 1 atom stereocenters. The highest BCUT2D eigenvalue weighted by Gasteiger charge is 2.33. The summed E-state index contributed by atoms with van der Waals surface area (Å²) >= 11 is 0. The Morgan fingerprint density at radius 2 is 1.57 bits per heavy atom. The number of fused-ring (bicyclic) bond motifs is 3. The SMILES string of the molecule is Cc1cc2[n+](cc1-c1ccccc1)C(C)c1ccccc1-2. The fourth-order valence-electron chi connectivity index (χ4n) is 3.37. The second-order valence-electron chi connectivity index (χ2n) is 5.79. The van der Waals surface area contributed by atoms with Crippen LogP contribution in [0.15, 0.2) is 66.9 Å². The molecular weight excluding hydrogens is 254 g/mol. The topological polar surface area (TPSA) is 3.88 Å². The van der Waals surface area contributed by atoms with E-state index in [2.05, 4.69) is 85.3 Å². The fraction of sp³-hybridized carbons (Fsp3) is 0.150. The molecule has 0 saturated carbocycles. The van der Waals surface area contributed by atoms with Crippen LogP contribution in [0.1, 0.15) is 24.1 Å². The van der Waals surface area contributed by atoms with Crippen LogP contribution < -0.4 is 4.57 Å². The van der Waals surface area contributed by atoms with Crippen LogP contribution in [0.2, 0.25) is 0 Å². The molecule has 0 spiro atoms. The van der Waals surface area contributed by atoms with Crippen LogP contribution in [0.3, 0.4) is 0 Å². The monoisotopic (exact) mass is 272 g/mol. The molecule has 0 amide bonds. The van der Waals surface area contributed by atoms with Crippen molar-refractivity contribution in [3.8, 4) is 22.4 Å². The number of aryl methyl sites for hydroxylation is 1. The van der Waals surface area contributed by atoms with E-state index in [0.29, 0.717) is 6.04 Å². The molecule has 3 aromatic rings. The van der Waals surface area contributed by atoms with Gasteiger partial charge in [0.15, 0.2) is 12.2 Å². The van der Waals surface area contributed by atoms with Gasteiger partial charge in [-0.05, 0) is 24.1 Å². The van der Waals surface area contributed by atoms with Crippen molar-refractivity contribution in [2.24, 2.45) is 0 Å². The Morgan fingerprint density at radius 3 is 2.38 bits per heavy atom. The predicted molar refractivity (Wildman–Crippen MR) is 86.1 cm³/mol. The summed E-state index contributed by atoms with van der Waals surface area (Å²) in [7, 11) is 0. The molecule has 2 aromatic carbocycles. The van der Waals surface area contributed by atoms with E-state index in [0.717, 1.165) is 0 Å². The minimum Gasteiger partial charge on any atom is -0.191 e. The molecule has 1 aromatic heterocycles. The largest absolute Gasteiger partial charge is 0.213 e. The highest BCUT2D eigenvalue weighted by Crippen LogP contribution is 2.35. The second-order valence-corrected chi connectivity index (χ2v) is 5.79. The average molecular weight is 272 g/mol. The number of rotatable bonds is 1. The van der Waals surface area contributed by atoms with Crippen molar-refractivity contribution in [3.63, 3.8) is 0 Å². The predicted octanol–water partition coefficient (Wildman–Crippen LogP) is 4.54. The molecule has 0 fully saturated rings. The zero-order chi connectivity index (χ0) is 14.4. The first-order valence-corrected chi connectivity index (χ1v) is 7.46. The summed E-state index contributed by atoms with van der Waals surface area (Å²) in [5, 5.41) is 0. The van der Waals surface area contributed by atoms with Gasteiger partial charge in [0.2, 0.25) is 5.69 Å². The van der Waals surface area contributed by atoms with Gasteiger partial charge in [0.25, 0.3) is 0 Å². The Hall–Kier alpha value is -2.41. The van der Waals surface area contributed by atoms with Gasteiger partial charge in [0.05, 0.1) is 5.56 Å². The third-order valence-corrected chi connectivity index (χ3v) is 4.51. The summed E-state index contributed by atoms with van der Waals surface area (Å²) in [6.45, 7) is 4.48. The van der Waals surface area contributed by atoms with E-state index >= 15 is 0 Å². The van der Waals surface area contributed by atoms with Crippen LogP contribution in [-0.4, -0.2) is 0 Å². The van der Waals surface area contributed by atoms with Crippen LogP contribution >= 0.6 is 0 Å². The molecule has 4 rings (SSSR count). The van der Waals surface area contributed by atoms with Gasteiger partial charge in [0.1, 0.15) is 0 Å². The average Bonchev–Trinajstić information content (AvgIpc) is 2.80. The smallest absolute Gasteiger partial charge is 0.191 e. The summed E-state index contributed by atoms with van der Waals surface area (Å²) in [4.78, 5) is 0. The lowest BCUT2D eigenvalue weighted by atomic mass is 10.0. The fourth-order valence-corrected chi connectivity index (χ4v) is 3.37. The molecule has 2 heterocycles. The molecule has 1 unspecified atom stereocenters. The number of benzene rings is 2. The van der Waals surface area contributed by atoms with Crippen LogP contribution in [0.25, 0.3) is 22.4 Å². The van der Waals surface area contributed by atoms with Crippen LogP contribution in [0.5, 0.6) is 0 Å². The first kappa shape index (κ1) is 12.3. The van der Waals surface area contributed by atoms with E-state index < -0.39 is 0 Å². The van der Waals surface area contributed by atoms with Crippen molar-refractivity contribution in [1.29, 1.82) is 0 Å². The standard InChI is InChI=1S/C20H18N/c1-14-12-20-18-11-7-6-10-17(18)15(2)21(20)13-19(14)16-8-4-3-5-9-16/h3-13,15H,1-2H3/q+1. The van der Waals surface area contributed by atoms with E-state index in [-0.39, 0.29) is 0 Å². The Morgan fingerprint density at radius 1 is 0.857 bits per heavy atom. The molecule has 0 saturated heterocycles. The summed E-state index contributed by atoms with van der Waals surface area (Å²) in [5.41, 5.74) is 8.05. The third kappa shape index (κ3) is 1.81. The summed E-state index contributed by atoms with van der Waals surface area (Å²) < 4.78 is 2.40. The summed E-state index contributed by atoms with van der Waals surface area (Å²) in [6, 6.07) is 22.1. The first-order chi connectivity index (χ1) is 10.3. The molecule has 1 aliphatic heterocycles. The van der Waals surface area contributed by atoms with Gasteiger partial charge in [-0.3, -0.25) is 0 Å². The van der Waals surface area contributed by atoms with E-state index in [1.807, 2.05) is 0 Å². The van der Waals surface area contributed by atoms with Crippen LogP contribution in [-0.2, 0) is 0 Å². The Kier molecular flexibility index (Phi) is 2.68.